The number of thiazole rings is 1. The van der Waals surface area contributed by atoms with Crippen LogP contribution in [0.25, 0.3) is 22.2 Å². The third-order valence-electron chi connectivity index (χ3n) is 4.52. The minimum atomic E-state index is -2.99. The highest BCUT2D eigenvalue weighted by Crippen LogP contribution is 2.34. The Bertz CT molecular complexity index is 1220. The molecular weight excluding hydrogens is 412 g/mol. The quantitative estimate of drug-likeness (QED) is 0.427. The average Bonchev–Trinajstić information content (AvgIpc) is 3.30. The van der Waals surface area contributed by atoms with Gasteiger partial charge in [0.15, 0.2) is 16.6 Å². The van der Waals surface area contributed by atoms with E-state index in [9.17, 15) is 13.6 Å². The van der Waals surface area contributed by atoms with E-state index in [0.29, 0.717) is 5.13 Å². The van der Waals surface area contributed by atoms with Crippen molar-refractivity contribution in [3.05, 3.63) is 59.1 Å². The van der Waals surface area contributed by atoms with E-state index in [4.69, 9.17) is 4.74 Å². The summed E-state index contributed by atoms with van der Waals surface area (Å²) < 4.78 is 34.3. The van der Waals surface area contributed by atoms with Gasteiger partial charge in [-0.3, -0.25) is 10.1 Å². The molecule has 1 amide bonds. The van der Waals surface area contributed by atoms with Crippen LogP contribution in [0.1, 0.15) is 16.1 Å². The number of methoxy groups -OCH3 is 1. The van der Waals surface area contributed by atoms with Crippen molar-refractivity contribution in [2.24, 2.45) is 0 Å². The number of para-hydroxylation sites is 1. The van der Waals surface area contributed by atoms with Crippen LogP contribution in [0.5, 0.6) is 11.5 Å². The van der Waals surface area contributed by atoms with Crippen LogP contribution >= 0.6 is 11.3 Å². The number of fused-ring (bicyclic) bond motifs is 1. The SMILES string of the molecule is COc1cc(C(=O)Nc2nc(-c3c(C)[nH]c4ccccc34)cs2)ccc1OC(F)F. The number of nitrogens with zero attached hydrogens (tertiary/aromatic N) is 1. The Kier molecular flexibility index (Phi) is 5.37. The lowest BCUT2D eigenvalue weighted by molar-refractivity contribution is -0.0512. The zero-order valence-electron chi connectivity index (χ0n) is 16.0. The lowest BCUT2D eigenvalue weighted by Gasteiger charge is -2.11. The van der Waals surface area contributed by atoms with Crippen molar-refractivity contribution in [1.82, 2.24) is 9.97 Å². The maximum atomic E-state index is 12.6. The molecule has 0 spiro atoms. The molecule has 0 aliphatic carbocycles. The van der Waals surface area contributed by atoms with Crippen LogP contribution in [0.4, 0.5) is 13.9 Å². The van der Waals surface area contributed by atoms with Gasteiger partial charge in [0.05, 0.1) is 12.8 Å². The number of anilines is 1. The number of H-pyrrole nitrogens is 1. The number of nitrogens with one attached hydrogen (secondary N) is 2. The molecule has 0 radical (unpaired) electrons. The van der Waals surface area contributed by atoms with Gasteiger partial charge in [0.1, 0.15) is 0 Å². The van der Waals surface area contributed by atoms with Gasteiger partial charge < -0.3 is 14.5 Å². The third kappa shape index (κ3) is 3.84. The van der Waals surface area contributed by atoms with E-state index in [1.165, 1.54) is 36.6 Å². The monoisotopic (exact) mass is 429 g/mol. The fraction of sp³-hybridized carbons (Fsp3) is 0.143. The minimum Gasteiger partial charge on any atom is -0.493 e. The third-order valence-corrected chi connectivity index (χ3v) is 5.27. The van der Waals surface area contributed by atoms with E-state index in [2.05, 4.69) is 20.0 Å². The van der Waals surface area contributed by atoms with Gasteiger partial charge in [-0.25, -0.2) is 4.98 Å². The van der Waals surface area contributed by atoms with Gasteiger partial charge >= 0.3 is 6.61 Å². The van der Waals surface area contributed by atoms with E-state index < -0.39 is 12.5 Å². The second-order valence-corrected chi connectivity index (χ2v) is 7.26. The molecule has 0 aliphatic rings. The zero-order valence-corrected chi connectivity index (χ0v) is 16.8. The number of aromatic nitrogens is 2. The molecule has 4 rings (SSSR count). The maximum absolute atomic E-state index is 12.6. The summed E-state index contributed by atoms with van der Waals surface area (Å²) >= 11 is 1.30. The topological polar surface area (TPSA) is 76.2 Å². The number of rotatable bonds is 6. The minimum absolute atomic E-state index is 0.0391. The van der Waals surface area contributed by atoms with Crippen molar-refractivity contribution in [2.45, 2.75) is 13.5 Å². The van der Waals surface area contributed by atoms with Crippen molar-refractivity contribution in [1.29, 1.82) is 0 Å². The number of aromatic amines is 1. The molecule has 2 aromatic heterocycles. The number of hydrogen-bond donors (Lipinski definition) is 2. The van der Waals surface area contributed by atoms with Crippen LogP contribution < -0.4 is 14.8 Å². The van der Waals surface area contributed by atoms with Crippen molar-refractivity contribution < 1.29 is 23.0 Å². The Hall–Kier alpha value is -3.46. The summed E-state index contributed by atoms with van der Waals surface area (Å²) in [5, 5.41) is 6.08. The van der Waals surface area contributed by atoms with Gasteiger partial charge in [-0.15, -0.1) is 11.3 Å². The molecule has 154 valence electrons. The van der Waals surface area contributed by atoms with Gasteiger partial charge in [0, 0.05) is 33.1 Å². The summed E-state index contributed by atoms with van der Waals surface area (Å²) in [6, 6.07) is 11.9. The second-order valence-electron chi connectivity index (χ2n) is 6.41. The first-order valence-electron chi connectivity index (χ1n) is 8.93. The lowest BCUT2D eigenvalue weighted by atomic mass is 10.1. The molecule has 2 heterocycles. The Morgan fingerprint density at radius 3 is 2.77 bits per heavy atom. The summed E-state index contributed by atoms with van der Waals surface area (Å²) in [5.74, 6) is -0.541. The zero-order chi connectivity index (χ0) is 21.3. The van der Waals surface area contributed by atoms with Crippen molar-refractivity contribution >= 4 is 33.3 Å². The normalized spacial score (nSPS) is 11.1. The molecular formula is C21H17F2N3O3S. The fourth-order valence-electron chi connectivity index (χ4n) is 3.22. The highest BCUT2D eigenvalue weighted by atomic mass is 32.1. The van der Waals surface area contributed by atoms with E-state index in [1.807, 2.05) is 36.6 Å². The smallest absolute Gasteiger partial charge is 0.387 e. The number of aryl methyl sites for hydroxylation is 1. The highest BCUT2D eigenvalue weighted by molar-refractivity contribution is 7.14. The molecule has 0 unspecified atom stereocenters. The van der Waals surface area contributed by atoms with Crippen LogP contribution in [0.2, 0.25) is 0 Å². The number of ether oxygens (including phenoxy) is 2. The summed E-state index contributed by atoms with van der Waals surface area (Å²) in [6.07, 6.45) is 0. The Morgan fingerprint density at radius 2 is 2.00 bits per heavy atom. The van der Waals surface area contributed by atoms with Gasteiger partial charge in [0.25, 0.3) is 5.91 Å². The number of carbonyl (C=O) groups excluding carboxylic acids is 1. The number of carbonyl (C=O) groups is 1. The summed E-state index contributed by atoms with van der Waals surface area (Å²) in [7, 11) is 1.31. The largest absolute Gasteiger partial charge is 0.493 e. The average molecular weight is 429 g/mol. The molecule has 0 aliphatic heterocycles. The van der Waals surface area contributed by atoms with Crippen molar-refractivity contribution in [3.8, 4) is 22.8 Å². The summed E-state index contributed by atoms with van der Waals surface area (Å²) in [4.78, 5) is 20.5. The van der Waals surface area contributed by atoms with Crippen LogP contribution in [0.15, 0.2) is 47.8 Å². The van der Waals surface area contributed by atoms with Gasteiger partial charge in [-0.2, -0.15) is 8.78 Å². The molecule has 4 aromatic rings. The van der Waals surface area contributed by atoms with E-state index in [0.717, 1.165) is 27.9 Å². The number of benzene rings is 2. The first-order chi connectivity index (χ1) is 14.5. The van der Waals surface area contributed by atoms with Gasteiger partial charge in [-0.1, -0.05) is 18.2 Å². The van der Waals surface area contributed by atoms with Crippen LogP contribution in [0, 0.1) is 6.92 Å². The van der Waals surface area contributed by atoms with Crippen LogP contribution in [0.3, 0.4) is 0 Å². The summed E-state index contributed by atoms with van der Waals surface area (Å²) in [6.45, 7) is -1.01. The van der Waals surface area contributed by atoms with Gasteiger partial charge in [0.2, 0.25) is 0 Å². The van der Waals surface area contributed by atoms with Crippen molar-refractivity contribution in [3.63, 3.8) is 0 Å². The molecule has 9 heteroatoms. The van der Waals surface area contributed by atoms with Crippen LogP contribution in [-0.4, -0.2) is 29.6 Å². The Balaban J connectivity index is 1.57. The summed E-state index contributed by atoms with van der Waals surface area (Å²) in [5.41, 5.74) is 3.97. The fourth-order valence-corrected chi connectivity index (χ4v) is 3.92. The second kappa shape index (κ2) is 8.11. The molecule has 0 atom stereocenters. The molecule has 30 heavy (non-hydrogen) atoms. The Morgan fingerprint density at radius 1 is 1.20 bits per heavy atom. The molecule has 6 nitrogen and oxygen atoms in total. The number of halogens is 2. The molecule has 2 N–H and O–H groups in total. The lowest BCUT2D eigenvalue weighted by Crippen LogP contribution is -2.12. The van der Waals surface area contributed by atoms with Gasteiger partial charge in [-0.05, 0) is 31.2 Å². The van der Waals surface area contributed by atoms with Crippen LogP contribution in [-0.2, 0) is 0 Å². The first kappa shape index (κ1) is 19.8. The highest BCUT2D eigenvalue weighted by Gasteiger charge is 2.17. The molecule has 0 fully saturated rings. The van der Waals surface area contributed by atoms with E-state index >= 15 is 0 Å². The van der Waals surface area contributed by atoms with E-state index in [1.54, 1.807) is 0 Å². The predicted octanol–water partition coefficient (Wildman–Crippen LogP) is 5.46. The molecule has 0 saturated carbocycles. The molecule has 0 bridgehead atoms. The Labute approximate surface area is 174 Å². The first-order valence-corrected chi connectivity index (χ1v) is 9.81. The molecule has 0 saturated heterocycles. The van der Waals surface area contributed by atoms with E-state index in [-0.39, 0.29) is 17.1 Å². The number of amides is 1. The standard InChI is InChI=1S/C21H17F2N3O3S/c1-11-18(13-5-3-4-6-14(13)24-11)15-10-30-21(25-15)26-19(27)12-7-8-16(29-20(22)23)17(9-12)28-2/h3-10,20,24H,1-2H3,(H,25,26,27). The maximum Gasteiger partial charge on any atom is 0.387 e. The van der Waals surface area contributed by atoms with Crippen molar-refractivity contribution in [2.75, 3.05) is 12.4 Å². The number of alkyl halides is 2. The predicted molar refractivity (Wildman–Crippen MR) is 112 cm³/mol. The molecule has 2 aromatic carbocycles. The number of hydrogen-bond acceptors (Lipinski definition) is 5.